The Morgan fingerprint density at radius 1 is 0.914 bits per heavy atom. The van der Waals surface area contributed by atoms with E-state index in [9.17, 15) is 14.4 Å². The highest BCUT2D eigenvalue weighted by atomic mass is 16.5. The Bertz CT molecular complexity index is 1240. The number of nitrogens with one attached hydrogen (secondary N) is 2. The lowest BCUT2D eigenvalue weighted by molar-refractivity contribution is -0.127. The highest BCUT2D eigenvalue weighted by Crippen LogP contribution is 2.37. The van der Waals surface area contributed by atoms with Gasteiger partial charge in [-0.05, 0) is 49.4 Å². The van der Waals surface area contributed by atoms with E-state index < -0.39 is 12.0 Å². The molecule has 3 aromatic rings. The van der Waals surface area contributed by atoms with Crippen molar-refractivity contribution >= 4 is 34.8 Å². The number of amides is 3. The second-order valence-electron chi connectivity index (χ2n) is 7.77. The Morgan fingerprint density at radius 2 is 1.60 bits per heavy atom. The molecule has 1 aliphatic heterocycles. The minimum atomic E-state index is -0.759. The molecule has 0 spiro atoms. The highest BCUT2D eigenvalue weighted by molar-refractivity contribution is 6.10. The number of nitrogens with zero attached hydrogens (tertiary/aromatic N) is 1. The zero-order valence-electron chi connectivity index (χ0n) is 19.5. The number of hydrogen-bond acceptors (Lipinski definition) is 6. The third-order valence-corrected chi connectivity index (χ3v) is 5.44. The van der Waals surface area contributed by atoms with E-state index in [1.165, 1.54) is 19.1 Å². The molecule has 180 valence electrons. The summed E-state index contributed by atoms with van der Waals surface area (Å²) < 4.78 is 16.3. The van der Waals surface area contributed by atoms with Crippen molar-refractivity contribution in [3.05, 3.63) is 72.3 Å². The van der Waals surface area contributed by atoms with E-state index in [1.54, 1.807) is 67.6 Å². The van der Waals surface area contributed by atoms with E-state index in [0.29, 0.717) is 34.3 Å². The summed E-state index contributed by atoms with van der Waals surface area (Å²) in [7, 11) is 2.93. The van der Waals surface area contributed by atoms with Crippen LogP contribution in [0.2, 0.25) is 0 Å². The first-order valence-corrected chi connectivity index (χ1v) is 10.9. The fraction of sp³-hybridized carbons (Fsp3) is 0.192. The smallest absolute Gasteiger partial charge is 0.268 e. The molecule has 0 aromatic heterocycles. The van der Waals surface area contributed by atoms with Crippen LogP contribution >= 0.6 is 0 Å². The van der Waals surface area contributed by atoms with E-state index in [2.05, 4.69) is 10.6 Å². The van der Waals surface area contributed by atoms with Crippen molar-refractivity contribution in [2.45, 2.75) is 13.0 Å². The maximum Gasteiger partial charge on any atom is 0.268 e. The molecular weight excluding hydrogens is 450 g/mol. The number of rotatable bonds is 7. The predicted molar refractivity (Wildman–Crippen MR) is 131 cm³/mol. The van der Waals surface area contributed by atoms with Gasteiger partial charge in [0.25, 0.3) is 11.8 Å². The molecule has 0 bridgehead atoms. The molecule has 1 atom stereocenters. The van der Waals surface area contributed by atoms with Gasteiger partial charge >= 0.3 is 0 Å². The second kappa shape index (κ2) is 10.2. The van der Waals surface area contributed by atoms with Gasteiger partial charge in [-0.1, -0.05) is 24.3 Å². The van der Waals surface area contributed by atoms with Crippen molar-refractivity contribution in [3.63, 3.8) is 0 Å². The van der Waals surface area contributed by atoms with E-state index in [0.717, 1.165) is 0 Å². The van der Waals surface area contributed by atoms with Crippen molar-refractivity contribution in [1.82, 2.24) is 0 Å². The molecule has 0 aliphatic carbocycles. The quantitative estimate of drug-likeness (QED) is 0.540. The minimum Gasteiger partial charge on any atom is -0.496 e. The number of ether oxygens (including phenoxy) is 3. The lowest BCUT2D eigenvalue weighted by Gasteiger charge is -2.33. The van der Waals surface area contributed by atoms with Gasteiger partial charge in [-0.3, -0.25) is 19.3 Å². The number of carbonyl (C=O) groups is 3. The summed E-state index contributed by atoms with van der Waals surface area (Å²) in [6, 6.07) is 18.9. The van der Waals surface area contributed by atoms with Gasteiger partial charge in [0.1, 0.15) is 29.4 Å². The normalized spacial score (nSPS) is 14.4. The van der Waals surface area contributed by atoms with Gasteiger partial charge in [0.05, 0.1) is 19.9 Å². The maximum absolute atomic E-state index is 13.1. The minimum absolute atomic E-state index is 0.216. The first-order valence-electron chi connectivity index (χ1n) is 10.9. The van der Waals surface area contributed by atoms with Crippen LogP contribution < -0.4 is 29.7 Å². The van der Waals surface area contributed by atoms with E-state index in [4.69, 9.17) is 14.2 Å². The number of hydrogen-bond donors (Lipinski definition) is 2. The van der Waals surface area contributed by atoms with Crippen molar-refractivity contribution in [3.8, 4) is 17.2 Å². The molecule has 2 N–H and O–H groups in total. The fourth-order valence-corrected chi connectivity index (χ4v) is 3.78. The van der Waals surface area contributed by atoms with Crippen LogP contribution in [0.5, 0.6) is 17.2 Å². The van der Waals surface area contributed by atoms with Crippen LogP contribution in [0.25, 0.3) is 0 Å². The van der Waals surface area contributed by atoms with Gasteiger partial charge in [0, 0.05) is 11.4 Å². The standard InChI is InChI=1S/C26H25N3O6/c1-16-26(32)29(15-23(30)27-17-8-5-4-6-9-17)19-14-18(12-13-20(19)35-16)28-25(31)24-21(33-2)10-7-11-22(24)34-3/h4-14,16H,15H2,1-3H3,(H,27,30)(H,28,31). The van der Waals surface area contributed by atoms with Gasteiger partial charge < -0.3 is 24.8 Å². The molecule has 1 aliphatic rings. The van der Waals surface area contributed by atoms with Crippen LogP contribution in [0, 0.1) is 0 Å². The van der Waals surface area contributed by atoms with Crippen LogP contribution in [-0.2, 0) is 9.59 Å². The monoisotopic (exact) mass is 475 g/mol. The molecule has 0 radical (unpaired) electrons. The molecule has 1 unspecified atom stereocenters. The fourth-order valence-electron chi connectivity index (χ4n) is 3.78. The molecule has 1 heterocycles. The SMILES string of the molecule is COc1cccc(OC)c1C(=O)Nc1ccc2c(c1)N(CC(=O)Nc1ccccc1)C(=O)C(C)O2. The lowest BCUT2D eigenvalue weighted by atomic mass is 10.1. The van der Waals surface area contributed by atoms with E-state index >= 15 is 0 Å². The summed E-state index contributed by atoms with van der Waals surface area (Å²) in [5.74, 6) is -0.0485. The first kappa shape index (κ1) is 23.6. The van der Waals surface area contributed by atoms with Gasteiger partial charge in [0.15, 0.2) is 6.10 Å². The zero-order valence-corrected chi connectivity index (χ0v) is 19.5. The number of carbonyl (C=O) groups excluding carboxylic acids is 3. The van der Waals surface area contributed by atoms with Gasteiger partial charge in [-0.2, -0.15) is 0 Å². The summed E-state index contributed by atoms with van der Waals surface area (Å²) in [6.45, 7) is 1.41. The van der Waals surface area contributed by atoms with Crippen molar-refractivity contribution in [2.24, 2.45) is 0 Å². The van der Waals surface area contributed by atoms with Gasteiger partial charge in [0.2, 0.25) is 5.91 Å². The Labute approximate surface area is 202 Å². The average molecular weight is 476 g/mol. The molecule has 4 rings (SSSR count). The molecular formula is C26H25N3O6. The third kappa shape index (κ3) is 5.03. The Balaban J connectivity index is 1.60. The summed E-state index contributed by atoms with van der Waals surface area (Å²) in [5.41, 5.74) is 1.63. The lowest BCUT2D eigenvalue weighted by Crippen LogP contribution is -2.47. The topological polar surface area (TPSA) is 106 Å². The largest absolute Gasteiger partial charge is 0.496 e. The summed E-state index contributed by atoms with van der Waals surface area (Å²) in [5, 5.41) is 5.58. The van der Waals surface area contributed by atoms with Gasteiger partial charge in [-0.15, -0.1) is 0 Å². The maximum atomic E-state index is 13.1. The summed E-state index contributed by atoms with van der Waals surface area (Å²) in [6.07, 6.45) is -0.759. The Morgan fingerprint density at radius 3 is 2.26 bits per heavy atom. The van der Waals surface area contributed by atoms with Crippen LogP contribution in [0.1, 0.15) is 17.3 Å². The third-order valence-electron chi connectivity index (χ3n) is 5.44. The molecule has 35 heavy (non-hydrogen) atoms. The second-order valence-corrected chi connectivity index (χ2v) is 7.77. The number of para-hydroxylation sites is 1. The molecule has 9 heteroatoms. The molecule has 0 saturated carbocycles. The van der Waals surface area contributed by atoms with E-state index in [-0.39, 0.29) is 23.9 Å². The molecule has 3 amide bonds. The number of anilines is 3. The Kier molecular flexibility index (Phi) is 6.86. The molecule has 0 fully saturated rings. The molecule has 9 nitrogen and oxygen atoms in total. The van der Waals surface area contributed by atoms with Crippen molar-refractivity contribution < 1.29 is 28.6 Å². The molecule has 0 saturated heterocycles. The highest BCUT2D eigenvalue weighted by Gasteiger charge is 2.33. The van der Waals surface area contributed by atoms with Crippen LogP contribution in [0.15, 0.2) is 66.7 Å². The van der Waals surface area contributed by atoms with Crippen LogP contribution in [-0.4, -0.2) is 44.6 Å². The van der Waals surface area contributed by atoms with Crippen LogP contribution in [0.4, 0.5) is 17.1 Å². The Hall–Kier alpha value is -4.53. The first-order chi connectivity index (χ1) is 16.9. The van der Waals surface area contributed by atoms with Crippen molar-refractivity contribution in [2.75, 3.05) is 36.3 Å². The number of methoxy groups -OCH3 is 2. The summed E-state index contributed by atoms with van der Waals surface area (Å²) in [4.78, 5) is 40.0. The number of benzene rings is 3. The average Bonchev–Trinajstić information content (AvgIpc) is 2.87. The number of fused-ring (bicyclic) bond motifs is 1. The van der Waals surface area contributed by atoms with Gasteiger partial charge in [-0.25, -0.2) is 0 Å². The zero-order chi connectivity index (χ0) is 24.9. The molecule has 3 aromatic carbocycles. The van der Waals surface area contributed by atoms with E-state index in [1.807, 2.05) is 6.07 Å². The summed E-state index contributed by atoms with van der Waals surface area (Å²) >= 11 is 0. The van der Waals surface area contributed by atoms with Crippen molar-refractivity contribution in [1.29, 1.82) is 0 Å². The predicted octanol–water partition coefficient (Wildman–Crippen LogP) is 3.71. The van der Waals surface area contributed by atoms with Crippen LogP contribution in [0.3, 0.4) is 0 Å².